The summed E-state index contributed by atoms with van der Waals surface area (Å²) in [5.41, 5.74) is 17.6. The van der Waals surface area contributed by atoms with Gasteiger partial charge < -0.3 is 8.83 Å². The largest absolute Gasteiger partial charge is 0.455 e. The number of hydrogen-bond acceptors (Lipinski definition) is 2. The lowest BCUT2D eigenvalue weighted by Crippen LogP contribution is -1.91. The Kier molecular flexibility index (Phi) is 8.25. The maximum atomic E-state index is 6.60. The Morgan fingerprint density at radius 3 is 0.922 bits per heavy atom. The first-order chi connectivity index (χ1) is 31.7. The van der Waals surface area contributed by atoms with Crippen LogP contribution in [0.15, 0.2) is 239 Å². The third-order valence-electron chi connectivity index (χ3n) is 13.1. The normalized spacial score (nSPS) is 11.8. The highest BCUT2D eigenvalue weighted by molar-refractivity contribution is 6.21. The van der Waals surface area contributed by atoms with Gasteiger partial charge in [-0.05, 0) is 101 Å². The van der Waals surface area contributed by atoms with Gasteiger partial charge in [0.1, 0.15) is 22.3 Å². The highest BCUT2D eigenvalue weighted by Gasteiger charge is 2.19. The van der Waals surface area contributed by atoms with Crippen LogP contribution in [0.25, 0.3) is 132 Å². The minimum absolute atomic E-state index is 0.894. The van der Waals surface area contributed by atoms with Gasteiger partial charge in [-0.15, -0.1) is 0 Å². The van der Waals surface area contributed by atoms with Gasteiger partial charge >= 0.3 is 0 Å². The van der Waals surface area contributed by atoms with Gasteiger partial charge in [0.25, 0.3) is 0 Å². The fraction of sp³-hybridized carbons (Fsp3) is 0. The summed E-state index contributed by atoms with van der Waals surface area (Å²) in [4.78, 5) is 0. The molecule has 0 atom stereocenters. The summed E-state index contributed by atoms with van der Waals surface area (Å²) >= 11 is 0. The van der Waals surface area contributed by atoms with E-state index < -0.39 is 0 Å². The predicted octanol–water partition coefficient (Wildman–Crippen LogP) is 17.8. The van der Waals surface area contributed by atoms with Crippen LogP contribution in [0.4, 0.5) is 0 Å². The van der Waals surface area contributed by atoms with E-state index in [1.165, 1.54) is 43.8 Å². The summed E-state index contributed by atoms with van der Waals surface area (Å²) in [5, 5.41) is 9.45. The molecule has 0 spiro atoms. The minimum atomic E-state index is 0.894. The van der Waals surface area contributed by atoms with Gasteiger partial charge in [-0.2, -0.15) is 0 Å². The van der Waals surface area contributed by atoms with Crippen LogP contribution in [-0.4, -0.2) is 0 Å². The highest BCUT2D eigenvalue weighted by atomic mass is 16.3. The number of benzene rings is 11. The van der Waals surface area contributed by atoms with Crippen molar-refractivity contribution in [3.05, 3.63) is 231 Å². The molecule has 11 aromatic carbocycles. The van der Waals surface area contributed by atoms with Crippen LogP contribution in [0.2, 0.25) is 0 Å². The van der Waals surface area contributed by atoms with Gasteiger partial charge in [0, 0.05) is 32.7 Å². The first kappa shape index (κ1) is 36.2. The number of hydrogen-bond donors (Lipinski definition) is 0. The molecule has 0 N–H and O–H groups in total. The molecule has 0 bridgehead atoms. The van der Waals surface area contributed by atoms with Crippen molar-refractivity contribution in [2.45, 2.75) is 0 Å². The van der Waals surface area contributed by atoms with E-state index in [1.807, 2.05) is 12.1 Å². The number of furan rings is 2. The SMILES string of the molecule is c1ccc(-c2cccc3c2oc2cc(-c4ccc(-c5c6ccccc6c(-c6ccc(-c7ccc8c(c7)oc7c(-c9ccccc9)cccc78)cc6)c6ccccc56)cc4)ccc23)cc1. The molecule has 2 heteroatoms. The van der Waals surface area contributed by atoms with Crippen molar-refractivity contribution in [2.24, 2.45) is 0 Å². The predicted molar refractivity (Wildman–Crippen MR) is 269 cm³/mol. The summed E-state index contributed by atoms with van der Waals surface area (Å²) in [5.74, 6) is 0. The van der Waals surface area contributed by atoms with E-state index in [2.05, 4.69) is 218 Å². The van der Waals surface area contributed by atoms with Crippen molar-refractivity contribution in [1.29, 1.82) is 0 Å². The van der Waals surface area contributed by atoms with Crippen LogP contribution in [-0.2, 0) is 0 Å². The Labute approximate surface area is 369 Å². The van der Waals surface area contributed by atoms with Crippen LogP contribution in [0, 0.1) is 0 Å². The maximum Gasteiger partial charge on any atom is 0.143 e. The Bertz CT molecular complexity index is 3590. The zero-order valence-electron chi connectivity index (χ0n) is 34.8. The fourth-order valence-corrected chi connectivity index (χ4v) is 10.1. The second-order valence-corrected chi connectivity index (χ2v) is 16.7. The molecule has 13 rings (SSSR count). The van der Waals surface area contributed by atoms with Crippen LogP contribution >= 0.6 is 0 Å². The van der Waals surface area contributed by atoms with E-state index in [0.717, 1.165) is 88.4 Å². The molecule has 0 aliphatic rings. The van der Waals surface area contributed by atoms with Crippen molar-refractivity contribution in [1.82, 2.24) is 0 Å². The quantitative estimate of drug-likeness (QED) is 0.156. The topological polar surface area (TPSA) is 26.3 Å². The molecule has 0 saturated heterocycles. The maximum absolute atomic E-state index is 6.60. The van der Waals surface area contributed by atoms with E-state index in [4.69, 9.17) is 8.83 Å². The molecule has 0 radical (unpaired) electrons. The van der Waals surface area contributed by atoms with Crippen molar-refractivity contribution >= 4 is 65.4 Å². The molecule has 298 valence electrons. The van der Waals surface area contributed by atoms with Gasteiger partial charge in [0.2, 0.25) is 0 Å². The van der Waals surface area contributed by atoms with Crippen molar-refractivity contribution in [3.63, 3.8) is 0 Å². The van der Waals surface area contributed by atoms with Crippen LogP contribution < -0.4 is 0 Å². The molecule has 0 amide bonds. The van der Waals surface area contributed by atoms with Crippen molar-refractivity contribution in [3.8, 4) is 66.8 Å². The van der Waals surface area contributed by atoms with E-state index in [-0.39, 0.29) is 0 Å². The summed E-state index contributed by atoms with van der Waals surface area (Å²) < 4.78 is 13.2. The molecule has 0 aliphatic heterocycles. The van der Waals surface area contributed by atoms with Gasteiger partial charge in [-0.25, -0.2) is 0 Å². The first-order valence-corrected chi connectivity index (χ1v) is 21.9. The molecule has 0 aliphatic carbocycles. The van der Waals surface area contributed by atoms with E-state index in [1.54, 1.807) is 0 Å². The zero-order valence-corrected chi connectivity index (χ0v) is 34.8. The Morgan fingerprint density at radius 1 is 0.203 bits per heavy atom. The monoisotopic (exact) mass is 814 g/mol. The second kappa shape index (κ2) is 14.6. The number of rotatable bonds is 6. The Balaban J connectivity index is 0.860. The molecule has 2 heterocycles. The lowest BCUT2D eigenvalue weighted by Gasteiger charge is -2.18. The summed E-state index contributed by atoms with van der Waals surface area (Å²) in [6, 6.07) is 82.8. The molecule has 13 aromatic rings. The molecule has 64 heavy (non-hydrogen) atoms. The molecule has 0 saturated carbocycles. The standard InChI is InChI=1S/C62H38O2/c1-3-13-41(14-4-1)47-21-11-23-55-49-35-33-45(37-57(49)63-61(47)55)39-25-29-43(30-26-39)59-51-17-7-9-19-53(51)60(54-20-10-8-18-52(54)59)44-31-27-40(28-32-44)46-34-36-50-56-24-12-22-48(42-15-5-2-6-16-42)62(56)64-58(50)38-46/h1-38H. The molecule has 2 nitrogen and oxygen atoms in total. The number of fused-ring (bicyclic) bond motifs is 8. The van der Waals surface area contributed by atoms with Crippen LogP contribution in [0.5, 0.6) is 0 Å². The average Bonchev–Trinajstić information content (AvgIpc) is 3.94. The van der Waals surface area contributed by atoms with Gasteiger partial charge in [-0.3, -0.25) is 0 Å². The third kappa shape index (κ3) is 5.81. The van der Waals surface area contributed by atoms with E-state index >= 15 is 0 Å². The second-order valence-electron chi connectivity index (χ2n) is 16.7. The van der Waals surface area contributed by atoms with Crippen LogP contribution in [0.1, 0.15) is 0 Å². The van der Waals surface area contributed by atoms with Gasteiger partial charge in [0.15, 0.2) is 0 Å². The third-order valence-corrected chi connectivity index (χ3v) is 13.1. The summed E-state index contributed by atoms with van der Waals surface area (Å²) in [7, 11) is 0. The lowest BCUT2D eigenvalue weighted by atomic mass is 9.85. The van der Waals surface area contributed by atoms with E-state index in [0.29, 0.717) is 0 Å². The molecular formula is C62H38O2. The average molecular weight is 815 g/mol. The Morgan fingerprint density at radius 2 is 0.531 bits per heavy atom. The first-order valence-electron chi connectivity index (χ1n) is 21.9. The van der Waals surface area contributed by atoms with Crippen molar-refractivity contribution < 1.29 is 8.83 Å². The lowest BCUT2D eigenvalue weighted by molar-refractivity contribution is 0.670. The fourth-order valence-electron chi connectivity index (χ4n) is 10.1. The van der Waals surface area contributed by atoms with E-state index in [9.17, 15) is 0 Å². The minimum Gasteiger partial charge on any atom is -0.455 e. The van der Waals surface area contributed by atoms with Gasteiger partial charge in [-0.1, -0.05) is 206 Å². The Hall–Kier alpha value is -8.46. The molecule has 0 fully saturated rings. The van der Waals surface area contributed by atoms with Crippen molar-refractivity contribution in [2.75, 3.05) is 0 Å². The zero-order chi connectivity index (χ0) is 42.1. The van der Waals surface area contributed by atoms with Crippen LogP contribution in [0.3, 0.4) is 0 Å². The molecule has 2 aromatic heterocycles. The van der Waals surface area contributed by atoms with Gasteiger partial charge in [0.05, 0.1) is 0 Å². The molecule has 0 unspecified atom stereocenters. The summed E-state index contributed by atoms with van der Waals surface area (Å²) in [6.07, 6.45) is 0. The number of para-hydroxylation sites is 2. The summed E-state index contributed by atoms with van der Waals surface area (Å²) in [6.45, 7) is 0. The molecular weight excluding hydrogens is 777 g/mol. The smallest absolute Gasteiger partial charge is 0.143 e. The highest BCUT2D eigenvalue weighted by Crippen LogP contribution is 2.45.